The molecule has 0 spiro atoms. The molecule has 0 radical (unpaired) electrons. The highest BCUT2D eigenvalue weighted by Crippen LogP contribution is 2.19. The second-order valence-corrected chi connectivity index (χ2v) is 4.61. The Bertz CT molecular complexity index is 403. The Labute approximate surface area is 101 Å². The maximum absolute atomic E-state index is 11.1. The van der Waals surface area contributed by atoms with Gasteiger partial charge in [-0.25, -0.2) is 14.8 Å². The van der Waals surface area contributed by atoms with E-state index in [0.717, 1.165) is 0 Å². The van der Waals surface area contributed by atoms with Crippen LogP contribution < -0.4 is 4.74 Å². The average molecular weight is 238 g/mol. The Hall–Kier alpha value is -1.65. The number of carboxylic acids is 1. The Morgan fingerprint density at radius 2 is 2.06 bits per heavy atom. The van der Waals surface area contributed by atoms with E-state index >= 15 is 0 Å². The first-order valence-corrected chi connectivity index (χ1v) is 5.64. The van der Waals surface area contributed by atoms with Crippen LogP contribution in [0.15, 0.2) is 6.20 Å². The van der Waals surface area contributed by atoms with E-state index < -0.39 is 5.97 Å². The normalized spacial score (nSPS) is 10.9. The molecule has 0 saturated carbocycles. The lowest BCUT2D eigenvalue weighted by atomic mass is 10.2. The number of carboxylic acid groups (broad SMARTS) is 1. The Kier molecular flexibility index (Phi) is 4.43. The first-order chi connectivity index (χ1) is 7.91. The molecule has 5 heteroatoms. The molecule has 0 aliphatic rings. The minimum atomic E-state index is -1.09. The van der Waals surface area contributed by atoms with Gasteiger partial charge in [0.25, 0.3) is 0 Å². The summed E-state index contributed by atoms with van der Waals surface area (Å²) in [6.07, 6.45) is 1.44. The van der Waals surface area contributed by atoms with Crippen LogP contribution in [0.3, 0.4) is 0 Å². The summed E-state index contributed by atoms with van der Waals surface area (Å²) in [5.74, 6) is 0.0663. The molecule has 17 heavy (non-hydrogen) atoms. The summed E-state index contributed by atoms with van der Waals surface area (Å²) in [6, 6.07) is 0. The summed E-state index contributed by atoms with van der Waals surface area (Å²) < 4.78 is 5.39. The number of aromatic nitrogens is 2. The molecule has 0 amide bonds. The highest BCUT2D eigenvalue weighted by atomic mass is 16.5. The van der Waals surface area contributed by atoms with Gasteiger partial charge < -0.3 is 9.84 Å². The summed E-state index contributed by atoms with van der Waals surface area (Å²) >= 11 is 0. The zero-order chi connectivity index (χ0) is 13.0. The van der Waals surface area contributed by atoms with Gasteiger partial charge in [-0.2, -0.15) is 0 Å². The third kappa shape index (κ3) is 3.69. The summed E-state index contributed by atoms with van der Waals surface area (Å²) in [5.41, 5.74) is -0.0654. The van der Waals surface area contributed by atoms with Crippen molar-refractivity contribution < 1.29 is 14.6 Å². The summed E-state index contributed by atoms with van der Waals surface area (Å²) in [5, 5.41) is 9.07. The number of rotatable bonds is 5. The molecule has 0 fully saturated rings. The summed E-state index contributed by atoms with van der Waals surface area (Å²) in [6.45, 7) is 8.25. The molecule has 0 bridgehead atoms. The van der Waals surface area contributed by atoms with Crippen LogP contribution in [0.4, 0.5) is 0 Å². The van der Waals surface area contributed by atoms with Gasteiger partial charge >= 0.3 is 5.97 Å². The zero-order valence-corrected chi connectivity index (χ0v) is 10.6. The van der Waals surface area contributed by atoms with Crippen molar-refractivity contribution in [2.75, 3.05) is 6.61 Å². The lowest BCUT2D eigenvalue weighted by Crippen LogP contribution is -2.12. The van der Waals surface area contributed by atoms with Crippen molar-refractivity contribution >= 4 is 5.97 Å². The number of carbonyl (C=O) groups is 1. The first-order valence-electron chi connectivity index (χ1n) is 5.64. The minimum Gasteiger partial charge on any atom is -0.489 e. The van der Waals surface area contributed by atoms with Gasteiger partial charge in [-0.1, -0.05) is 27.7 Å². The molecule has 1 heterocycles. The van der Waals surface area contributed by atoms with Gasteiger partial charge in [0.15, 0.2) is 11.4 Å². The van der Waals surface area contributed by atoms with Gasteiger partial charge in [-0.05, 0) is 5.92 Å². The largest absolute Gasteiger partial charge is 0.489 e. The highest BCUT2D eigenvalue weighted by molar-refractivity contribution is 5.88. The van der Waals surface area contributed by atoms with E-state index in [2.05, 4.69) is 9.97 Å². The molecule has 1 N–H and O–H groups in total. The molecule has 0 atom stereocenters. The molecule has 0 aliphatic heterocycles. The topological polar surface area (TPSA) is 72.3 Å². The van der Waals surface area contributed by atoms with E-state index in [-0.39, 0.29) is 17.4 Å². The molecule has 94 valence electrons. The van der Waals surface area contributed by atoms with E-state index in [1.165, 1.54) is 6.20 Å². The lowest BCUT2D eigenvalue weighted by molar-refractivity contribution is 0.0683. The van der Waals surface area contributed by atoms with E-state index in [1.807, 2.05) is 27.7 Å². The van der Waals surface area contributed by atoms with Crippen LogP contribution in [0.2, 0.25) is 0 Å². The Morgan fingerprint density at radius 3 is 2.53 bits per heavy atom. The van der Waals surface area contributed by atoms with Crippen molar-refractivity contribution in [3.63, 3.8) is 0 Å². The molecule has 0 saturated heterocycles. The van der Waals surface area contributed by atoms with Crippen molar-refractivity contribution in [3.05, 3.63) is 17.7 Å². The van der Waals surface area contributed by atoms with E-state index in [1.54, 1.807) is 0 Å². The molecule has 0 unspecified atom stereocenters. The van der Waals surface area contributed by atoms with Gasteiger partial charge in [-0.15, -0.1) is 0 Å². The third-order valence-electron chi connectivity index (χ3n) is 2.06. The van der Waals surface area contributed by atoms with Gasteiger partial charge in [0, 0.05) is 5.92 Å². The predicted molar refractivity (Wildman–Crippen MR) is 63.4 cm³/mol. The van der Waals surface area contributed by atoms with Crippen molar-refractivity contribution in [3.8, 4) is 5.75 Å². The number of nitrogens with zero attached hydrogens (tertiary/aromatic N) is 2. The smallest absolute Gasteiger partial charge is 0.358 e. The monoisotopic (exact) mass is 238 g/mol. The van der Waals surface area contributed by atoms with Gasteiger partial charge in [0.2, 0.25) is 0 Å². The van der Waals surface area contributed by atoms with Crippen molar-refractivity contribution in [2.24, 2.45) is 5.92 Å². The second-order valence-electron chi connectivity index (χ2n) is 4.61. The molecular formula is C12H18N2O3. The Balaban J connectivity index is 3.00. The van der Waals surface area contributed by atoms with E-state index in [9.17, 15) is 4.79 Å². The van der Waals surface area contributed by atoms with E-state index in [4.69, 9.17) is 9.84 Å². The van der Waals surface area contributed by atoms with Crippen molar-refractivity contribution in [2.45, 2.75) is 33.6 Å². The fourth-order valence-electron chi connectivity index (χ4n) is 1.18. The second kappa shape index (κ2) is 5.61. The van der Waals surface area contributed by atoms with Crippen LogP contribution in [0, 0.1) is 5.92 Å². The van der Waals surface area contributed by atoms with Crippen LogP contribution in [-0.2, 0) is 0 Å². The van der Waals surface area contributed by atoms with Crippen LogP contribution in [0.25, 0.3) is 0 Å². The van der Waals surface area contributed by atoms with Crippen LogP contribution in [0.1, 0.15) is 49.9 Å². The lowest BCUT2D eigenvalue weighted by Gasteiger charge is -2.11. The number of hydrogen-bond donors (Lipinski definition) is 1. The highest BCUT2D eigenvalue weighted by Gasteiger charge is 2.17. The molecule has 0 aromatic carbocycles. The average Bonchev–Trinajstić information content (AvgIpc) is 2.25. The molecule has 1 aromatic heterocycles. The summed E-state index contributed by atoms with van der Waals surface area (Å²) in [4.78, 5) is 19.2. The van der Waals surface area contributed by atoms with Gasteiger partial charge in [-0.3, -0.25) is 0 Å². The maximum atomic E-state index is 11.1. The maximum Gasteiger partial charge on any atom is 0.358 e. The number of aromatic carboxylic acids is 1. The fourth-order valence-corrected chi connectivity index (χ4v) is 1.18. The fraction of sp³-hybridized carbons (Fsp3) is 0.583. The van der Waals surface area contributed by atoms with Crippen molar-refractivity contribution in [1.82, 2.24) is 9.97 Å². The van der Waals surface area contributed by atoms with Crippen LogP contribution >= 0.6 is 0 Å². The molecule has 1 aromatic rings. The standard InChI is InChI=1S/C12H18N2O3/c1-7(2)6-17-9-5-13-11(8(3)4)14-10(9)12(15)16/h5,7-8H,6H2,1-4H3,(H,15,16). The van der Waals surface area contributed by atoms with Gasteiger partial charge in [0.05, 0.1) is 12.8 Å². The summed E-state index contributed by atoms with van der Waals surface area (Å²) in [7, 11) is 0. The Morgan fingerprint density at radius 1 is 1.41 bits per heavy atom. The molecule has 1 rings (SSSR count). The third-order valence-corrected chi connectivity index (χ3v) is 2.06. The molecule has 0 aliphatic carbocycles. The van der Waals surface area contributed by atoms with E-state index in [0.29, 0.717) is 18.3 Å². The predicted octanol–water partition coefficient (Wildman–Crippen LogP) is 2.33. The number of hydrogen-bond acceptors (Lipinski definition) is 4. The molecular weight excluding hydrogens is 220 g/mol. The van der Waals surface area contributed by atoms with Crippen molar-refractivity contribution in [1.29, 1.82) is 0 Å². The number of ether oxygens (including phenoxy) is 1. The van der Waals surface area contributed by atoms with Crippen LogP contribution in [0.5, 0.6) is 5.75 Å². The SMILES string of the molecule is CC(C)COc1cnc(C(C)C)nc1C(=O)O. The quantitative estimate of drug-likeness (QED) is 0.852. The molecule has 5 nitrogen and oxygen atoms in total. The van der Waals surface area contributed by atoms with Gasteiger partial charge in [0.1, 0.15) is 5.82 Å². The minimum absolute atomic E-state index is 0.0654. The van der Waals surface area contributed by atoms with Crippen LogP contribution in [-0.4, -0.2) is 27.7 Å². The zero-order valence-electron chi connectivity index (χ0n) is 10.6. The first kappa shape index (κ1) is 13.4.